The molecule has 1 aliphatic heterocycles. The number of nitrogens with one attached hydrogen (secondary N) is 1. The summed E-state index contributed by atoms with van der Waals surface area (Å²) in [6, 6.07) is 18.0. The van der Waals surface area contributed by atoms with Crippen molar-refractivity contribution in [1.82, 2.24) is 5.32 Å². The average molecular weight is 378 g/mol. The molecule has 4 heteroatoms. The van der Waals surface area contributed by atoms with Gasteiger partial charge in [0.2, 0.25) is 0 Å². The molecule has 1 aromatic heterocycles. The van der Waals surface area contributed by atoms with Crippen LogP contribution in [0.5, 0.6) is 11.5 Å². The van der Waals surface area contributed by atoms with Crippen molar-refractivity contribution in [3.8, 4) is 21.9 Å². The maximum Gasteiger partial charge on any atom is 0.161 e. The van der Waals surface area contributed by atoms with Crippen molar-refractivity contribution in [2.24, 2.45) is 0 Å². The van der Waals surface area contributed by atoms with E-state index in [1.165, 1.54) is 32.0 Å². The third-order valence-corrected chi connectivity index (χ3v) is 7.07. The van der Waals surface area contributed by atoms with E-state index in [0.717, 1.165) is 30.9 Å². The standard InChI is InChI=1S/C23H23NO2S/c1-25-19-10-15-8-9-18-23(16(15)11-20(19)26-2)17-12-21(27-22(17)13-24-18)14-6-4-3-5-7-14/h3-7,10-12,18,23-24H,8-9,13H2,1-2H3/t18-,23+/m0/s1. The number of aryl methyl sites for hydroxylation is 1. The summed E-state index contributed by atoms with van der Waals surface area (Å²) in [5.74, 6) is 2.03. The largest absolute Gasteiger partial charge is 0.493 e. The molecule has 0 unspecified atom stereocenters. The molecule has 27 heavy (non-hydrogen) atoms. The highest BCUT2D eigenvalue weighted by atomic mass is 32.1. The molecule has 3 nitrogen and oxygen atoms in total. The summed E-state index contributed by atoms with van der Waals surface area (Å²) in [6.07, 6.45) is 2.23. The molecule has 0 fully saturated rings. The van der Waals surface area contributed by atoms with E-state index < -0.39 is 0 Å². The minimum Gasteiger partial charge on any atom is -0.493 e. The van der Waals surface area contributed by atoms with E-state index >= 15 is 0 Å². The highest BCUT2D eigenvalue weighted by Gasteiger charge is 2.37. The van der Waals surface area contributed by atoms with Crippen molar-refractivity contribution in [2.45, 2.75) is 31.3 Å². The van der Waals surface area contributed by atoms with E-state index in [4.69, 9.17) is 9.47 Å². The molecule has 0 spiro atoms. The Labute approximate surface area is 164 Å². The number of hydrogen-bond acceptors (Lipinski definition) is 4. The molecule has 0 amide bonds. The van der Waals surface area contributed by atoms with E-state index in [1.807, 2.05) is 11.3 Å². The predicted molar refractivity (Wildman–Crippen MR) is 110 cm³/mol. The lowest BCUT2D eigenvalue weighted by Crippen LogP contribution is -2.42. The summed E-state index contributed by atoms with van der Waals surface area (Å²) in [4.78, 5) is 2.81. The van der Waals surface area contributed by atoms with Gasteiger partial charge in [-0.05, 0) is 53.3 Å². The summed E-state index contributed by atoms with van der Waals surface area (Å²) >= 11 is 1.92. The van der Waals surface area contributed by atoms with Crippen LogP contribution >= 0.6 is 11.3 Å². The molecule has 0 saturated heterocycles. The molecule has 3 aromatic rings. The van der Waals surface area contributed by atoms with Crippen LogP contribution in [0.3, 0.4) is 0 Å². The number of methoxy groups -OCH3 is 2. The van der Waals surface area contributed by atoms with Gasteiger partial charge in [-0.2, -0.15) is 0 Å². The first kappa shape index (κ1) is 16.8. The molecule has 1 aliphatic carbocycles. The Kier molecular flexibility index (Phi) is 4.18. The van der Waals surface area contributed by atoms with Crippen molar-refractivity contribution in [2.75, 3.05) is 14.2 Å². The van der Waals surface area contributed by atoms with Gasteiger partial charge < -0.3 is 14.8 Å². The van der Waals surface area contributed by atoms with E-state index in [9.17, 15) is 0 Å². The number of fused-ring (bicyclic) bond motifs is 5. The third kappa shape index (κ3) is 2.75. The van der Waals surface area contributed by atoms with Gasteiger partial charge in [-0.1, -0.05) is 30.3 Å². The van der Waals surface area contributed by atoms with Crippen LogP contribution in [0.2, 0.25) is 0 Å². The SMILES string of the molecule is COc1cc2c(cc1OC)[C@@H]1c3cc(-c4ccccc4)sc3CN[C@H]1CC2. The van der Waals surface area contributed by atoms with Crippen molar-refractivity contribution >= 4 is 11.3 Å². The average Bonchev–Trinajstić information content (AvgIpc) is 3.17. The van der Waals surface area contributed by atoms with Crippen LogP contribution in [0.1, 0.15) is 33.9 Å². The molecule has 2 aromatic carbocycles. The van der Waals surface area contributed by atoms with Gasteiger partial charge in [-0.15, -0.1) is 11.3 Å². The van der Waals surface area contributed by atoms with Crippen molar-refractivity contribution in [3.05, 3.63) is 70.1 Å². The van der Waals surface area contributed by atoms with Gasteiger partial charge in [0.15, 0.2) is 11.5 Å². The van der Waals surface area contributed by atoms with Crippen LogP contribution < -0.4 is 14.8 Å². The van der Waals surface area contributed by atoms with Gasteiger partial charge in [-0.3, -0.25) is 0 Å². The molecule has 138 valence electrons. The van der Waals surface area contributed by atoms with Crippen LogP contribution in [-0.2, 0) is 13.0 Å². The van der Waals surface area contributed by atoms with Gasteiger partial charge in [0.1, 0.15) is 0 Å². The van der Waals surface area contributed by atoms with Gasteiger partial charge in [-0.25, -0.2) is 0 Å². The molecule has 2 atom stereocenters. The molecule has 1 N–H and O–H groups in total. The zero-order chi connectivity index (χ0) is 18.4. The van der Waals surface area contributed by atoms with E-state index in [2.05, 4.69) is 53.8 Å². The Morgan fingerprint density at radius 1 is 0.963 bits per heavy atom. The lowest BCUT2D eigenvalue weighted by atomic mass is 9.74. The van der Waals surface area contributed by atoms with Gasteiger partial charge >= 0.3 is 0 Å². The zero-order valence-corrected chi connectivity index (χ0v) is 16.4. The van der Waals surface area contributed by atoms with Crippen LogP contribution in [0, 0.1) is 0 Å². The van der Waals surface area contributed by atoms with Crippen LogP contribution in [0.15, 0.2) is 48.5 Å². The summed E-state index contributed by atoms with van der Waals surface area (Å²) in [7, 11) is 3.42. The number of rotatable bonds is 3. The second-order valence-corrected chi connectivity index (χ2v) is 8.40. The topological polar surface area (TPSA) is 30.5 Å². The first-order valence-electron chi connectivity index (χ1n) is 9.44. The first-order valence-corrected chi connectivity index (χ1v) is 10.3. The second-order valence-electron chi connectivity index (χ2n) is 7.26. The van der Waals surface area contributed by atoms with Gasteiger partial charge in [0.05, 0.1) is 14.2 Å². The van der Waals surface area contributed by atoms with E-state index in [0.29, 0.717) is 12.0 Å². The summed E-state index contributed by atoms with van der Waals surface area (Å²) < 4.78 is 11.1. The Bertz CT molecular complexity index is 980. The molecule has 2 heterocycles. The van der Waals surface area contributed by atoms with Crippen molar-refractivity contribution < 1.29 is 9.47 Å². The summed E-state index contributed by atoms with van der Waals surface area (Å²) in [6.45, 7) is 0.969. The van der Waals surface area contributed by atoms with Gasteiger partial charge in [0.25, 0.3) is 0 Å². The van der Waals surface area contributed by atoms with E-state index in [1.54, 1.807) is 14.2 Å². The number of hydrogen-bond donors (Lipinski definition) is 1. The molecule has 0 bridgehead atoms. The van der Waals surface area contributed by atoms with Crippen LogP contribution in [0.4, 0.5) is 0 Å². The lowest BCUT2D eigenvalue weighted by molar-refractivity contribution is 0.349. The quantitative estimate of drug-likeness (QED) is 0.698. The normalized spacial score (nSPS) is 20.4. The first-order chi connectivity index (χ1) is 13.3. The van der Waals surface area contributed by atoms with Gasteiger partial charge in [0, 0.05) is 28.3 Å². The Hall–Kier alpha value is -2.30. The fourth-order valence-electron chi connectivity index (χ4n) is 4.55. The van der Waals surface area contributed by atoms with Crippen LogP contribution in [0.25, 0.3) is 10.4 Å². The van der Waals surface area contributed by atoms with Crippen molar-refractivity contribution in [3.63, 3.8) is 0 Å². The Morgan fingerprint density at radius 2 is 1.74 bits per heavy atom. The minimum atomic E-state index is 0.381. The van der Waals surface area contributed by atoms with Crippen molar-refractivity contribution in [1.29, 1.82) is 0 Å². The fraction of sp³-hybridized carbons (Fsp3) is 0.304. The zero-order valence-electron chi connectivity index (χ0n) is 15.6. The summed E-state index contributed by atoms with van der Waals surface area (Å²) in [5, 5.41) is 3.79. The number of thiophene rings is 1. The molecular weight excluding hydrogens is 354 g/mol. The fourth-order valence-corrected chi connectivity index (χ4v) is 5.72. The molecule has 0 saturated carbocycles. The Balaban J connectivity index is 1.63. The predicted octanol–water partition coefficient (Wildman–Crippen LogP) is 4.98. The maximum atomic E-state index is 5.60. The number of benzene rings is 2. The van der Waals surface area contributed by atoms with E-state index in [-0.39, 0.29) is 0 Å². The maximum absolute atomic E-state index is 5.60. The molecular formula is C23H23NO2S. The third-order valence-electron chi connectivity index (χ3n) is 5.87. The second kappa shape index (κ2) is 6.70. The minimum absolute atomic E-state index is 0.381. The molecule has 2 aliphatic rings. The number of ether oxygens (including phenoxy) is 2. The lowest BCUT2D eigenvalue weighted by Gasteiger charge is -2.38. The van der Waals surface area contributed by atoms with Crippen LogP contribution in [-0.4, -0.2) is 20.3 Å². The highest BCUT2D eigenvalue weighted by molar-refractivity contribution is 7.15. The monoisotopic (exact) mass is 377 g/mol. The molecule has 0 radical (unpaired) electrons. The highest BCUT2D eigenvalue weighted by Crippen LogP contribution is 2.47. The molecule has 5 rings (SSSR count). The smallest absolute Gasteiger partial charge is 0.161 e. The Morgan fingerprint density at radius 3 is 2.52 bits per heavy atom. The summed E-state index contributed by atoms with van der Waals surface area (Å²) in [5.41, 5.74) is 5.55.